The molecule has 0 aromatic heterocycles. The molecule has 0 spiro atoms. The summed E-state index contributed by atoms with van der Waals surface area (Å²) in [6, 6.07) is 0. The van der Waals surface area contributed by atoms with E-state index in [4.69, 9.17) is 0 Å². The van der Waals surface area contributed by atoms with Crippen molar-refractivity contribution in [2.45, 2.75) is 0 Å². The molecular weight excluding hydrogens is 130 g/mol. The van der Waals surface area contributed by atoms with Crippen LogP contribution in [0.2, 0.25) is 0 Å². The van der Waals surface area contributed by atoms with Crippen LogP contribution in [-0.2, 0) is 4.74 Å². The molecule has 0 radical (unpaired) electrons. The number of ether oxygens (including phenoxy) is 1. The second-order valence-electron chi connectivity index (χ2n) is 1.48. The van der Waals surface area contributed by atoms with Crippen molar-refractivity contribution < 1.29 is 9.53 Å². The Kier molecular flexibility index (Phi) is 3.72. The summed E-state index contributed by atoms with van der Waals surface area (Å²) in [5.74, 6) is 0.201. The molecule has 0 fully saturated rings. The standard InChI is InChI=1S/C7H9NO2/c1-3-4-5-6(2)10-7(8)9/h3-5H,1-2H2,(H2,8,9)/b5-4-. The first kappa shape index (κ1) is 8.49. The van der Waals surface area contributed by atoms with Gasteiger partial charge in [-0.3, -0.25) is 0 Å². The molecule has 2 N–H and O–H groups in total. The predicted octanol–water partition coefficient (Wildman–Crippen LogP) is 1.34. The topological polar surface area (TPSA) is 52.3 Å². The van der Waals surface area contributed by atoms with Gasteiger partial charge in [0.15, 0.2) is 0 Å². The molecule has 0 unspecified atom stereocenters. The van der Waals surface area contributed by atoms with Crippen LogP contribution in [0.4, 0.5) is 4.79 Å². The van der Waals surface area contributed by atoms with Gasteiger partial charge in [-0.25, -0.2) is 4.79 Å². The fourth-order valence-corrected chi connectivity index (χ4v) is 0.339. The third-order valence-corrected chi connectivity index (χ3v) is 0.650. The molecule has 0 aliphatic carbocycles. The van der Waals surface area contributed by atoms with Crippen molar-refractivity contribution in [1.29, 1.82) is 0 Å². The van der Waals surface area contributed by atoms with E-state index in [-0.39, 0.29) is 5.76 Å². The summed E-state index contributed by atoms with van der Waals surface area (Å²) in [4.78, 5) is 10.1. The molecule has 54 valence electrons. The summed E-state index contributed by atoms with van der Waals surface area (Å²) < 4.78 is 4.36. The molecule has 0 aliphatic rings. The molecular formula is C7H9NO2. The minimum Gasteiger partial charge on any atom is -0.411 e. The van der Waals surface area contributed by atoms with Crippen LogP contribution in [-0.4, -0.2) is 6.09 Å². The van der Waals surface area contributed by atoms with Gasteiger partial charge >= 0.3 is 6.09 Å². The Morgan fingerprint density at radius 1 is 1.60 bits per heavy atom. The van der Waals surface area contributed by atoms with Crippen LogP contribution in [0.1, 0.15) is 0 Å². The zero-order valence-corrected chi connectivity index (χ0v) is 5.54. The smallest absolute Gasteiger partial charge is 0.409 e. The largest absolute Gasteiger partial charge is 0.411 e. The van der Waals surface area contributed by atoms with Crippen LogP contribution in [0.25, 0.3) is 0 Å². The summed E-state index contributed by atoms with van der Waals surface area (Å²) in [5.41, 5.74) is 4.68. The van der Waals surface area contributed by atoms with E-state index in [0.717, 1.165) is 0 Å². The quantitative estimate of drug-likeness (QED) is 0.473. The fourth-order valence-electron chi connectivity index (χ4n) is 0.339. The van der Waals surface area contributed by atoms with Gasteiger partial charge < -0.3 is 10.5 Å². The van der Waals surface area contributed by atoms with E-state index in [9.17, 15) is 4.79 Å². The SMILES string of the molecule is C=C/C=C\C(=C)OC(N)=O. The highest BCUT2D eigenvalue weighted by atomic mass is 16.5. The third kappa shape index (κ3) is 4.64. The molecule has 0 bridgehead atoms. The van der Waals surface area contributed by atoms with Crippen LogP contribution < -0.4 is 5.73 Å². The second kappa shape index (κ2) is 4.38. The Balaban J connectivity index is 3.75. The van der Waals surface area contributed by atoms with Crippen molar-refractivity contribution in [3.05, 3.63) is 37.1 Å². The van der Waals surface area contributed by atoms with Gasteiger partial charge in [-0.1, -0.05) is 25.3 Å². The number of amides is 1. The Bertz CT molecular complexity index is 182. The lowest BCUT2D eigenvalue weighted by atomic mass is 10.4. The lowest BCUT2D eigenvalue weighted by Gasteiger charge is -1.95. The molecule has 0 saturated heterocycles. The summed E-state index contributed by atoms with van der Waals surface area (Å²) in [6.45, 7) is 6.79. The minimum absolute atomic E-state index is 0.201. The second-order valence-corrected chi connectivity index (χ2v) is 1.48. The van der Waals surface area contributed by atoms with Crippen molar-refractivity contribution in [2.75, 3.05) is 0 Å². The Morgan fingerprint density at radius 2 is 2.20 bits per heavy atom. The molecule has 0 rings (SSSR count). The maximum Gasteiger partial charge on any atom is 0.409 e. The van der Waals surface area contributed by atoms with Gasteiger partial charge in [-0.15, -0.1) is 0 Å². The predicted molar refractivity (Wildman–Crippen MR) is 39.1 cm³/mol. The molecule has 0 heterocycles. The van der Waals surface area contributed by atoms with Gasteiger partial charge in [-0.2, -0.15) is 0 Å². The number of primary amides is 1. The summed E-state index contributed by atoms with van der Waals surface area (Å²) in [5, 5.41) is 0. The molecule has 0 aromatic rings. The molecule has 3 nitrogen and oxygen atoms in total. The van der Waals surface area contributed by atoms with E-state index in [1.165, 1.54) is 12.2 Å². The first-order chi connectivity index (χ1) is 4.66. The monoisotopic (exact) mass is 139 g/mol. The highest BCUT2D eigenvalue weighted by molar-refractivity contribution is 5.66. The first-order valence-electron chi connectivity index (χ1n) is 2.62. The maximum atomic E-state index is 10.1. The van der Waals surface area contributed by atoms with Crippen LogP contribution in [0, 0.1) is 0 Å². The highest BCUT2D eigenvalue weighted by Crippen LogP contribution is 1.94. The zero-order valence-electron chi connectivity index (χ0n) is 5.54. The number of nitrogens with two attached hydrogens (primary N) is 1. The van der Waals surface area contributed by atoms with Crippen molar-refractivity contribution in [1.82, 2.24) is 0 Å². The Morgan fingerprint density at radius 3 is 2.60 bits per heavy atom. The average molecular weight is 139 g/mol. The number of allylic oxidation sites excluding steroid dienone is 3. The van der Waals surface area contributed by atoms with Gasteiger partial charge in [0, 0.05) is 0 Å². The zero-order chi connectivity index (χ0) is 7.98. The van der Waals surface area contributed by atoms with Crippen molar-refractivity contribution >= 4 is 6.09 Å². The Hall–Kier alpha value is -1.51. The summed E-state index contributed by atoms with van der Waals surface area (Å²) in [6.07, 6.45) is 3.75. The molecule has 0 atom stereocenters. The van der Waals surface area contributed by atoms with Gasteiger partial charge in [0.1, 0.15) is 5.76 Å². The van der Waals surface area contributed by atoms with Crippen LogP contribution in [0.15, 0.2) is 37.1 Å². The van der Waals surface area contributed by atoms with Crippen molar-refractivity contribution in [3.63, 3.8) is 0 Å². The van der Waals surface area contributed by atoms with E-state index in [0.29, 0.717) is 0 Å². The van der Waals surface area contributed by atoms with Gasteiger partial charge in [0.25, 0.3) is 0 Å². The number of carbonyl (C=O) groups excluding carboxylic acids is 1. The minimum atomic E-state index is -0.862. The molecule has 10 heavy (non-hydrogen) atoms. The maximum absolute atomic E-state index is 10.1. The van der Waals surface area contributed by atoms with Gasteiger partial charge in [-0.05, 0) is 6.08 Å². The lowest BCUT2D eigenvalue weighted by Crippen LogP contribution is -2.11. The van der Waals surface area contributed by atoms with Gasteiger partial charge in [0.2, 0.25) is 0 Å². The van der Waals surface area contributed by atoms with E-state index in [1.54, 1.807) is 6.08 Å². The number of carbonyl (C=O) groups is 1. The van der Waals surface area contributed by atoms with E-state index >= 15 is 0 Å². The van der Waals surface area contributed by atoms with Crippen LogP contribution >= 0.6 is 0 Å². The fraction of sp³-hybridized carbons (Fsp3) is 0. The van der Waals surface area contributed by atoms with E-state index in [1.807, 2.05) is 0 Å². The lowest BCUT2D eigenvalue weighted by molar-refractivity contribution is 0.190. The average Bonchev–Trinajstić information content (AvgIpc) is 1.82. The summed E-state index contributed by atoms with van der Waals surface area (Å²) >= 11 is 0. The summed E-state index contributed by atoms with van der Waals surface area (Å²) in [7, 11) is 0. The highest BCUT2D eigenvalue weighted by Gasteiger charge is 1.92. The van der Waals surface area contributed by atoms with E-state index < -0.39 is 6.09 Å². The number of hydrogen-bond acceptors (Lipinski definition) is 2. The number of rotatable bonds is 3. The molecule has 0 aromatic carbocycles. The third-order valence-electron chi connectivity index (χ3n) is 0.650. The molecule has 1 amide bonds. The van der Waals surface area contributed by atoms with Crippen LogP contribution in [0.3, 0.4) is 0 Å². The normalized spacial score (nSPS) is 9.20. The van der Waals surface area contributed by atoms with Crippen molar-refractivity contribution in [2.24, 2.45) is 5.73 Å². The van der Waals surface area contributed by atoms with Gasteiger partial charge in [0.05, 0.1) is 0 Å². The molecule has 3 heteroatoms. The number of hydrogen-bond donors (Lipinski definition) is 1. The molecule has 0 saturated carbocycles. The first-order valence-corrected chi connectivity index (χ1v) is 2.62. The molecule has 0 aliphatic heterocycles. The Labute approximate surface area is 59.5 Å². The van der Waals surface area contributed by atoms with Crippen LogP contribution in [0.5, 0.6) is 0 Å². The van der Waals surface area contributed by atoms with Crippen molar-refractivity contribution in [3.8, 4) is 0 Å². The van der Waals surface area contributed by atoms with E-state index in [2.05, 4.69) is 23.6 Å².